The predicted octanol–water partition coefficient (Wildman–Crippen LogP) is 16.3. The highest BCUT2D eigenvalue weighted by Gasteiger charge is 2.38. The van der Waals surface area contributed by atoms with Crippen molar-refractivity contribution >= 4 is 17.8 Å². The highest BCUT2D eigenvalue weighted by atomic mass is 16.6. The number of hydrogen-bond donors (Lipinski definition) is 8. The van der Waals surface area contributed by atoms with Crippen molar-refractivity contribution in [1.82, 2.24) is 10.6 Å². The van der Waals surface area contributed by atoms with E-state index in [1.54, 1.807) is 0 Å². The van der Waals surface area contributed by atoms with Crippen LogP contribution in [0.1, 0.15) is 139 Å². The van der Waals surface area contributed by atoms with Crippen molar-refractivity contribution in [2.75, 3.05) is 21.2 Å². The van der Waals surface area contributed by atoms with Crippen molar-refractivity contribution in [2.45, 2.75) is 54.9 Å². The lowest BCUT2D eigenvalue weighted by Crippen LogP contribution is -2.42. The van der Waals surface area contributed by atoms with E-state index in [9.17, 15) is 40.2 Å². The van der Waals surface area contributed by atoms with E-state index in [4.69, 9.17) is 43.9 Å². The minimum absolute atomic E-state index is 0.0510. The molecule has 3 atom stereocenters. The van der Waals surface area contributed by atoms with Gasteiger partial charge in [-0.25, -0.2) is 10.7 Å². The van der Waals surface area contributed by atoms with Gasteiger partial charge >= 0.3 is 5.97 Å². The van der Waals surface area contributed by atoms with Gasteiger partial charge in [0.15, 0.2) is 17.2 Å². The number of nitrogens with zero attached hydrogens (tertiary/aromatic N) is 3. The highest BCUT2D eigenvalue weighted by Crippen LogP contribution is 2.44. The second kappa shape index (κ2) is 43.0. The van der Waals surface area contributed by atoms with E-state index in [0.717, 1.165) is 78.6 Å². The molecule has 22 heteroatoms. The Labute approximate surface area is 718 Å². The largest absolute Gasteiger partial charge is 0.477 e. The van der Waals surface area contributed by atoms with Crippen molar-refractivity contribution in [3.8, 4) is 34.5 Å². The third kappa shape index (κ3) is 21.9. The SMILES string of the molecule is CNC(=O)C(O)c1cc(OC(c2ccccc2)c2ccccc2)c(OC(c2ccccc2)c2ccccc2)c[n+]1O.CNC(=O)C(ON)c1cc(OC(c2ccccc2)c2ccccc2)c(OC(c2ccccc2)c2ccccc2)c[n+]1O.COC(=O)C(O)c1cc(OC(c2ccccc2)c2ccccc2)c(OC(c2ccccc2)c2ccccc2)c[n+]1O. The molecule has 0 aliphatic carbocycles. The number of aliphatic hydroxyl groups excluding tert-OH is 2. The van der Waals surface area contributed by atoms with Gasteiger partial charge in [-0.2, -0.15) is 0 Å². The number of methoxy groups -OCH3 is 1. The van der Waals surface area contributed by atoms with Crippen LogP contribution >= 0.6 is 0 Å². The van der Waals surface area contributed by atoms with E-state index in [-0.39, 0.29) is 51.6 Å². The summed E-state index contributed by atoms with van der Waals surface area (Å²) >= 11 is 0. The number of aliphatic hydroxyl groups is 2. The lowest BCUT2D eigenvalue weighted by molar-refractivity contribution is -0.911. The molecule has 9 N–H and O–H groups in total. The molecule has 15 aromatic rings. The Morgan fingerprint density at radius 3 is 0.637 bits per heavy atom. The molecule has 12 aromatic carbocycles. The molecule has 22 nitrogen and oxygen atoms in total. The molecular formula is C102H93N6O16+3. The molecule has 0 aliphatic rings. The standard InChI is InChI=1S/C34H31N3O5.C34H30N2O5.C34H30NO6/c1-36-34(38)33(42-35)28-22-29(40-31(24-14-6-2-7-15-24)25-16-8-3-9-17-25)30(23-37(28)39)41-32(26-18-10-4-11-19-26)27-20-12-5-13-21-27;1-35-34(38)31(37)28-22-29(40-32(24-14-6-2-7-15-24)25-16-8-3-9-17-25)30(23-36(28)39)41-33(26-18-10-4-11-19-26)27-20-12-5-13-21-27;1-39-34(37)31(36)28-22-29(40-32(24-14-6-2-7-15-24)25-16-8-3-9-17-25)30(23-35(28)38)41-33(26-18-10-4-11-19-26)27-20-12-5-13-21-27/h2-23,31-33H,35H2,1H3,(H-,36,38,39);2-23,31-33,37H,1H3,(H-,35,38,39);2-23,31-33,36,38H,1H3/q;;+1/p+2. The number of nitrogens with one attached hydrogen (secondary N) is 2. The van der Waals surface area contributed by atoms with Crippen LogP contribution in [0.2, 0.25) is 0 Å². The molecule has 624 valence electrons. The number of carbonyl (C=O) groups excluding carboxylic acids is 3. The molecule has 0 radical (unpaired) electrons. The summed E-state index contributed by atoms with van der Waals surface area (Å²) in [4.78, 5) is 42.1. The number of ether oxygens (including phenoxy) is 7. The van der Waals surface area contributed by atoms with E-state index in [0.29, 0.717) is 9.46 Å². The maximum absolute atomic E-state index is 12.6. The maximum Gasteiger partial charge on any atom is 0.346 e. The molecule has 3 aromatic heterocycles. The number of carbonyl (C=O) groups is 3. The zero-order valence-electron chi connectivity index (χ0n) is 67.9. The number of nitrogens with two attached hydrogens (primary N) is 1. The van der Waals surface area contributed by atoms with E-state index < -0.39 is 72.7 Å². The second-order valence-electron chi connectivity index (χ2n) is 28.3. The first-order valence-corrected chi connectivity index (χ1v) is 39.9. The molecule has 0 aliphatic heterocycles. The van der Waals surface area contributed by atoms with Crippen molar-refractivity contribution in [1.29, 1.82) is 0 Å². The lowest BCUT2D eigenvalue weighted by atomic mass is 10.0. The van der Waals surface area contributed by atoms with Gasteiger partial charge in [-0.1, -0.05) is 364 Å². The third-order valence-electron chi connectivity index (χ3n) is 20.1. The van der Waals surface area contributed by atoms with Crippen LogP contribution < -0.4 is 59.1 Å². The fraction of sp³-hybridized carbons (Fsp3) is 0.118. The zero-order chi connectivity index (χ0) is 86.5. The van der Waals surface area contributed by atoms with E-state index in [2.05, 4.69) is 10.6 Å². The fourth-order valence-electron chi connectivity index (χ4n) is 13.9. The van der Waals surface area contributed by atoms with E-state index in [1.165, 1.54) is 50.9 Å². The number of esters is 1. The van der Waals surface area contributed by atoms with Crippen LogP contribution in [0.4, 0.5) is 0 Å². The van der Waals surface area contributed by atoms with Crippen molar-refractivity contribution in [3.05, 3.63) is 485 Å². The predicted molar refractivity (Wildman–Crippen MR) is 462 cm³/mol. The fourth-order valence-corrected chi connectivity index (χ4v) is 13.9. The number of rotatable bonds is 31. The number of likely N-dealkylation sites (N-methyl/N-ethyl adjacent to an activating group) is 2. The molecule has 0 saturated carbocycles. The van der Waals surface area contributed by atoms with Crippen LogP contribution in [-0.4, -0.2) is 64.8 Å². The number of amides is 2. The van der Waals surface area contributed by atoms with E-state index >= 15 is 0 Å². The minimum atomic E-state index is -1.76. The first-order valence-electron chi connectivity index (χ1n) is 39.9. The number of pyridine rings is 3. The Kier molecular flexibility index (Phi) is 29.9. The van der Waals surface area contributed by atoms with Crippen LogP contribution in [0, 0.1) is 0 Å². The summed E-state index contributed by atoms with van der Waals surface area (Å²) in [7, 11) is 4.02. The molecule has 0 bridgehead atoms. The minimum Gasteiger partial charge on any atom is -0.477 e. The molecule has 124 heavy (non-hydrogen) atoms. The summed E-state index contributed by atoms with van der Waals surface area (Å²) in [5.74, 6) is 4.72. The number of aromatic nitrogens is 3. The van der Waals surface area contributed by atoms with Gasteiger partial charge in [0.25, 0.3) is 47.5 Å². The monoisotopic (exact) mass is 1660 g/mol. The summed E-state index contributed by atoms with van der Waals surface area (Å²) in [6.45, 7) is 0. The quantitative estimate of drug-likeness (QED) is 0.00867. The van der Waals surface area contributed by atoms with Crippen molar-refractivity contribution < 1.29 is 92.4 Å². The summed E-state index contributed by atoms with van der Waals surface area (Å²) in [5.41, 5.74) is 10.5. The average molecular weight is 1660 g/mol. The van der Waals surface area contributed by atoms with Crippen LogP contribution in [0.15, 0.2) is 401 Å². The summed E-state index contributed by atoms with van der Waals surface area (Å²) in [6, 6.07) is 121. The Hall–Kier alpha value is -15.5. The molecule has 0 saturated heterocycles. The summed E-state index contributed by atoms with van der Waals surface area (Å²) in [5, 5.41) is 59.1. The van der Waals surface area contributed by atoms with E-state index in [1.807, 2.05) is 364 Å². The number of hydrogen-bond acceptors (Lipinski definition) is 17. The Morgan fingerprint density at radius 1 is 0.274 bits per heavy atom. The van der Waals surface area contributed by atoms with Gasteiger partial charge in [0, 0.05) is 28.3 Å². The van der Waals surface area contributed by atoms with Gasteiger partial charge in [0.2, 0.25) is 35.6 Å². The lowest BCUT2D eigenvalue weighted by Gasteiger charge is -2.24. The average Bonchev–Trinajstić information content (AvgIpc) is 0.797. The Bertz CT molecular complexity index is 5390. The second-order valence-corrected chi connectivity index (χ2v) is 28.3. The molecule has 15 rings (SSSR count). The van der Waals surface area contributed by atoms with Gasteiger partial charge in [-0.15, -0.1) is 0 Å². The van der Waals surface area contributed by atoms with Crippen LogP contribution in [0.3, 0.4) is 0 Å². The zero-order valence-corrected chi connectivity index (χ0v) is 67.9. The first-order chi connectivity index (χ1) is 60.7. The van der Waals surface area contributed by atoms with Gasteiger partial charge in [-0.3, -0.25) is 30.0 Å². The van der Waals surface area contributed by atoms with Crippen LogP contribution in [-0.2, 0) is 24.0 Å². The van der Waals surface area contributed by atoms with Crippen molar-refractivity contribution in [2.24, 2.45) is 5.90 Å². The van der Waals surface area contributed by atoms with Crippen LogP contribution in [0.25, 0.3) is 0 Å². The number of benzene rings is 12. The van der Waals surface area contributed by atoms with Gasteiger partial charge in [0.05, 0.1) is 25.3 Å². The molecule has 3 unspecified atom stereocenters. The van der Waals surface area contributed by atoms with Gasteiger partial charge in [0.1, 0.15) is 36.6 Å². The third-order valence-corrected chi connectivity index (χ3v) is 20.1. The van der Waals surface area contributed by atoms with Gasteiger partial charge in [-0.05, 0) is 66.8 Å². The topological polar surface area (TPSA) is 288 Å². The molecule has 2 amide bonds. The van der Waals surface area contributed by atoms with Crippen LogP contribution in [0.5, 0.6) is 34.5 Å². The Morgan fingerprint density at radius 2 is 0.452 bits per heavy atom. The molecular weight excluding hydrogens is 1570 g/mol. The highest BCUT2D eigenvalue weighted by molar-refractivity contribution is 5.81. The normalized spacial score (nSPS) is 11.7. The smallest absolute Gasteiger partial charge is 0.346 e. The maximum atomic E-state index is 12.6. The molecule has 3 heterocycles. The summed E-state index contributed by atoms with van der Waals surface area (Å²) < 4.78 is 46.7. The van der Waals surface area contributed by atoms with Gasteiger partial charge < -0.3 is 54.0 Å². The molecule has 0 spiro atoms. The molecule has 0 fully saturated rings. The first kappa shape index (κ1) is 86.4. The van der Waals surface area contributed by atoms with Crippen molar-refractivity contribution in [3.63, 3.8) is 0 Å². The summed E-state index contributed by atoms with van der Waals surface area (Å²) in [6.07, 6.45) is -4.06. The Balaban J connectivity index is 0.000000160.